The van der Waals surface area contributed by atoms with E-state index in [9.17, 15) is 4.21 Å². The minimum atomic E-state index is -1.43. The van der Waals surface area contributed by atoms with Crippen LogP contribution in [-0.4, -0.2) is 21.3 Å². The molecule has 1 atom stereocenters. The molecule has 1 aromatic heterocycles. The normalized spacial score (nSPS) is 12.4. The third kappa shape index (κ3) is 2.14. The van der Waals surface area contributed by atoms with Crippen molar-refractivity contribution in [2.75, 3.05) is 12.8 Å². The van der Waals surface area contributed by atoms with Gasteiger partial charge in [-0.05, 0) is 24.3 Å². The van der Waals surface area contributed by atoms with E-state index < -0.39 is 10.8 Å². The maximum atomic E-state index is 12.5. The van der Waals surface area contributed by atoms with Crippen molar-refractivity contribution in [3.8, 4) is 5.75 Å². The molecule has 1 heterocycles. The lowest BCUT2D eigenvalue weighted by Crippen LogP contribution is -1.99. The molecule has 20 heavy (non-hydrogen) atoms. The minimum absolute atomic E-state index is 0.381. The fourth-order valence-corrected chi connectivity index (χ4v) is 3.01. The van der Waals surface area contributed by atoms with Gasteiger partial charge in [0.15, 0.2) is 0 Å². The van der Waals surface area contributed by atoms with Gasteiger partial charge in [0.1, 0.15) is 16.5 Å². The van der Waals surface area contributed by atoms with E-state index in [0.29, 0.717) is 15.7 Å². The topological polar surface area (TPSA) is 81.0 Å². The van der Waals surface area contributed by atoms with Gasteiger partial charge in [-0.15, -0.1) is 0 Å². The van der Waals surface area contributed by atoms with Gasteiger partial charge in [0.25, 0.3) is 0 Å². The Balaban J connectivity index is 2.06. The maximum Gasteiger partial charge on any atom is 0.202 e. The number of ether oxygens (including phenoxy) is 1. The van der Waals surface area contributed by atoms with Gasteiger partial charge in [-0.3, -0.25) is 0 Å². The summed E-state index contributed by atoms with van der Waals surface area (Å²) in [6, 6.07) is 12.5. The van der Waals surface area contributed by atoms with Gasteiger partial charge in [-0.1, -0.05) is 12.1 Å². The van der Waals surface area contributed by atoms with Crippen molar-refractivity contribution in [1.29, 1.82) is 0 Å². The lowest BCUT2D eigenvalue weighted by Gasteiger charge is -2.01. The number of nitrogens with one attached hydrogen (secondary N) is 1. The first-order valence-electron chi connectivity index (χ1n) is 5.99. The summed E-state index contributed by atoms with van der Waals surface area (Å²) in [6.45, 7) is 0. The first-order valence-corrected chi connectivity index (χ1v) is 7.14. The number of imidazole rings is 1. The molecule has 0 aliphatic carbocycles. The van der Waals surface area contributed by atoms with Gasteiger partial charge in [-0.2, -0.15) is 0 Å². The van der Waals surface area contributed by atoms with E-state index >= 15 is 0 Å². The molecule has 0 aliphatic rings. The quantitative estimate of drug-likeness (QED) is 0.724. The summed E-state index contributed by atoms with van der Waals surface area (Å²) in [7, 11) is 0.166. The molecule has 3 aromatic rings. The molecule has 3 rings (SSSR count). The van der Waals surface area contributed by atoms with Crippen LogP contribution in [0.2, 0.25) is 0 Å². The van der Waals surface area contributed by atoms with Crippen LogP contribution in [0.5, 0.6) is 5.75 Å². The SMILES string of the molecule is COc1ccc2nc(S(=O)c3ccccc3N)[nH]c2c1. The number of H-pyrrole nitrogens is 1. The van der Waals surface area contributed by atoms with Gasteiger partial charge >= 0.3 is 0 Å². The van der Waals surface area contributed by atoms with E-state index in [1.807, 2.05) is 18.2 Å². The molecule has 0 spiro atoms. The van der Waals surface area contributed by atoms with Crippen LogP contribution < -0.4 is 10.5 Å². The van der Waals surface area contributed by atoms with Crippen molar-refractivity contribution in [3.05, 3.63) is 42.5 Å². The molecule has 6 heteroatoms. The number of benzene rings is 2. The van der Waals surface area contributed by atoms with Crippen LogP contribution in [0.4, 0.5) is 5.69 Å². The molecule has 0 aliphatic heterocycles. The van der Waals surface area contributed by atoms with Crippen molar-refractivity contribution >= 4 is 27.5 Å². The highest BCUT2D eigenvalue weighted by atomic mass is 32.2. The molecular weight excluding hydrogens is 274 g/mol. The fourth-order valence-electron chi connectivity index (χ4n) is 1.93. The van der Waals surface area contributed by atoms with Crippen molar-refractivity contribution < 1.29 is 8.95 Å². The number of hydrogen-bond acceptors (Lipinski definition) is 4. The molecule has 0 fully saturated rings. The minimum Gasteiger partial charge on any atom is -0.497 e. The van der Waals surface area contributed by atoms with Crippen LogP contribution in [0.3, 0.4) is 0 Å². The number of aromatic amines is 1. The standard InChI is InChI=1S/C14H13N3O2S/c1-19-9-6-7-11-12(8-9)17-14(16-11)20(18)13-5-3-2-4-10(13)15/h2-8H,15H2,1H3,(H,16,17). The summed E-state index contributed by atoms with van der Waals surface area (Å²) >= 11 is 0. The number of nitrogen functional groups attached to an aromatic ring is 1. The lowest BCUT2D eigenvalue weighted by atomic mass is 10.3. The van der Waals surface area contributed by atoms with E-state index in [0.717, 1.165) is 16.8 Å². The highest BCUT2D eigenvalue weighted by Gasteiger charge is 2.14. The second-order valence-corrected chi connectivity index (χ2v) is 5.60. The number of aromatic nitrogens is 2. The number of fused-ring (bicyclic) bond motifs is 1. The second kappa shape index (κ2) is 4.97. The van der Waals surface area contributed by atoms with Gasteiger partial charge in [-0.25, -0.2) is 9.19 Å². The number of anilines is 1. The van der Waals surface area contributed by atoms with Crippen LogP contribution >= 0.6 is 0 Å². The first-order chi connectivity index (χ1) is 9.69. The number of para-hydroxylation sites is 1. The third-order valence-corrected chi connectivity index (χ3v) is 4.28. The number of rotatable bonds is 3. The highest BCUT2D eigenvalue weighted by molar-refractivity contribution is 7.85. The summed E-state index contributed by atoms with van der Waals surface area (Å²) in [5.41, 5.74) is 7.85. The van der Waals surface area contributed by atoms with Crippen LogP contribution in [-0.2, 0) is 10.8 Å². The lowest BCUT2D eigenvalue weighted by molar-refractivity contribution is 0.415. The number of methoxy groups -OCH3 is 1. The highest BCUT2D eigenvalue weighted by Crippen LogP contribution is 2.24. The molecule has 1 unspecified atom stereocenters. The van der Waals surface area contributed by atoms with E-state index in [1.165, 1.54) is 0 Å². The summed E-state index contributed by atoms with van der Waals surface area (Å²) in [5.74, 6) is 0.720. The molecule has 0 saturated heterocycles. The largest absolute Gasteiger partial charge is 0.497 e. The number of nitrogens with two attached hydrogens (primary N) is 1. The van der Waals surface area contributed by atoms with Gasteiger partial charge in [0.2, 0.25) is 5.16 Å². The first kappa shape index (κ1) is 12.7. The smallest absolute Gasteiger partial charge is 0.202 e. The van der Waals surface area contributed by atoms with Crippen LogP contribution in [0.25, 0.3) is 11.0 Å². The van der Waals surface area contributed by atoms with Crippen molar-refractivity contribution in [3.63, 3.8) is 0 Å². The van der Waals surface area contributed by atoms with Crippen molar-refractivity contribution in [2.45, 2.75) is 10.1 Å². The van der Waals surface area contributed by atoms with Crippen molar-refractivity contribution in [2.24, 2.45) is 0 Å². The Kier molecular flexibility index (Phi) is 3.15. The predicted molar refractivity (Wildman–Crippen MR) is 78.2 cm³/mol. The molecule has 0 radical (unpaired) electrons. The fraction of sp³-hybridized carbons (Fsp3) is 0.0714. The zero-order valence-electron chi connectivity index (χ0n) is 10.8. The maximum absolute atomic E-state index is 12.5. The van der Waals surface area contributed by atoms with Crippen LogP contribution in [0.15, 0.2) is 52.5 Å². The Morgan fingerprint density at radius 1 is 1.25 bits per heavy atom. The molecule has 0 saturated carbocycles. The summed E-state index contributed by atoms with van der Waals surface area (Å²) in [5, 5.41) is 0.381. The predicted octanol–water partition coefficient (Wildman–Crippen LogP) is 2.32. The summed E-state index contributed by atoms with van der Waals surface area (Å²) < 4.78 is 17.6. The monoisotopic (exact) mass is 287 g/mol. The Labute approximate surface area is 118 Å². The van der Waals surface area contributed by atoms with E-state index in [1.54, 1.807) is 31.4 Å². The zero-order chi connectivity index (χ0) is 14.1. The Bertz CT molecular complexity index is 798. The molecule has 0 amide bonds. The molecular formula is C14H13N3O2S. The second-order valence-electron chi connectivity index (χ2n) is 4.23. The molecule has 2 aromatic carbocycles. The van der Waals surface area contributed by atoms with Gasteiger partial charge in [0.05, 0.1) is 23.0 Å². The average molecular weight is 287 g/mol. The number of hydrogen-bond donors (Lipinski definition) is 2. The van der Waals surface area contributed by atoms with Gasteiger partial charge in [0, 0.05) is 11.8 Å². The zero-order valence-corrected chi connectivity index (χ0v) is 11.6. The van der Waals surface area contributed by atoms with E-state index in [2.05, 4.69) is 9.97 Å². The third-order valence-electron chi connectivity index (χ3n) is 2.96. The summed E-state index contributed by atoms with van der Waals surface area (Å²) in [4.78, 5) is 7.94. The molecule has 102 valence electrons. The van der Waals surface area contributed by atoms with Crippen molar-refractivity contribution in [1.82, 2.24) is 9.97 Å². The van der Waals surface area contributed by atoms with E-state index in [-0.39, 0.29) is 0 Å². The Morgan fingerprint density at radius 3 is 2.80 bits per heavy atom. The van der Waals surface area contributed by atoms with Crippen LogP contribution in [0, 0.1) is 0 Å². The average Bonchev–Trinajstić information content (AvgIpc) is 2.89. The Morgan fingerprint density at radius 2 is 2.05 bits per heavy atom. The van der Waals surface area contributed by atoms with E-state index in [4.69, 9.17) is 10.5 Å². The molecule has 3 N–H and O–H groups in total. The molecule has 5 nitrogen and oxygen atoms in total. The van der Waals surface area contributed by atoms with Gasteiger partial charge < -0.3 is 15.5 Å². The summed E-state index contributed by atoms with van der Waals surface area (Å²) in [6.07, 6.45) is 0. The number of nitrogens with zero attached hydrogens (tertiary/aromatic N) is 1. The van der Waals surface area contributed by atoms with Crippen LogP contribution in [0.1, 0.15) is 0 Å². The Hall–Kier alpha value is -2.34. The molecule has 0 bridgehead atoms.